The summed E-state index contributed by atoms with van der Waals surface area (Å²) in [5.41, 5.74) is 5.42. The van der Waals surface area contributed by atoms with Gasteiger partial charge in [0.15, 0.2) is 0 Å². The minimum atomic E-state index is -0.117. The van der Waals surface area contributed by atoms with Gasteiger partial charge in [0.2, 0.25) is 0 Å². The molecule has 0 spiro atoms. The number of carbonyl (C=O) groups is 1. The average molecular weight is 431 g/mol. The van der Waals surface area contributed by atoms with E-state index in [1.807, 2.05) is 53.4 Å². The van der Waals surface area contributed by atoms with E-state index >= 15 is 0 Å². The van der Waals surface area contributed by atoms with Crippen LogP contribution in [0, 0.1) is 0 Å². The van der Waals surface area contributed by atoms with E-state index in [2.05, 4.69) is 51.2 Å². The molecule has 1 amide bonds. The molecule has 0 saturated carbocycles. The fourth-order valence-electron chi connectivity index (χ4n) is 4.20. The standard InChI is InChI=1S/C24H19BrN2O/c25-18-12-10-17(11-13-18)24(28)27-15-14-20-19-8-4-5-9-21(19)26-22(20)23(27)16-6-2-1-3-7-16/h1-13,23,26H,14-15H2/t23-/m0/s1. The molecule has 4 heteroatoms. The Morgan fingerprint density at radius 2 is 1.64 bits per heavy atom. The molecule has 1 aliphatic rings. The lowest BCUT2D eigenvalue weighted by Crippen LogP contribution is -2.40. The second-order valence-electron chi connectivity index (χ2n) is 7.13. The van der Waals surface area contributed by atoms with Crippen molar-refractivity contribution >= 4 is 32.7 Å². The maximum absolute atomic E-state index is 13.4. The number of hydrogen-bond acceptors (Lipinski definition) is 1. The summed E-state index contributed by atoms with van der Waals surface area (Å²) in [6.07, 6.45) is 0.852. The first-order valence-corrected chi connectivity index (χ1v) is 10.2. The molecule has 0 bridgehead atoms. The van der Waals surface area contributed by atoms with E-state index in [1.54, 1.807) is 0 Å². The highest BCUT2D eigenvalue weighted by molar-refractivity contribution is 9.10. The van der Waals surface area contributed by atoms with Gasteiger partial charge in [0.1, 0.15) is 0 Å². The van der Waals surface area contributed by atoms with Gasteiger partial charge < -0.3 is 9.88 Å². The maximum atomic E-state index is 13.4. The quantitative estimate of drug-likeness (QED) is 0.433. The molecule has 0 fully saturated rings. The number of carbonyl (C=O) groups excluding carboxylic acids is 1. The second kappa shape index (κ2) is 6.95. The van der Waals surface area contributed by atoms with E-state index < -0.39 is 0 Å². The van der Waals surface area contributed by atoms with Crippen molar-refractivity contribution in [2.24, 2.45) is 0 Å². The number of aromatic amines is 1. The predicted octanol–water partition coefficient (Wildman–Crippen LogP) is 5.72. The van der Waals surface area contributed by atoms with Crippen LogP contribution in [0.3, 0.4) is 0 Å². The fourth-order valence-corrected chi connectivity index (χ4v) is 4.46. The number of hydrogen-bond donors (Lipinski definition) is 1. The van der Waals surface area contributed by atoms with Crippen molar-refractivity contribution in [1.82, 2.24) is 9.88 Å². The number of halogens is 1. The van der Waals surface area contributed by atoms with Gasteiger partial charge in [-0.1, -0.05) is 64.5 Å². The Morgan fingerprint density at radius 1 is 0.929 bits per heavy atom. The molecule has 0 saturated heterocycles. The Bertz CT molecular complexity index is 1150. The molecule has 1 atom stereocenters. The summed E-state index contributed by atoms with van der Waals surface area (Å²) < 4.78 is 0.972. The third kappa shape index (κ3) is 2.85. The first-order valence-electron chi connectivity index (χ1n) is 9.43. The van der Waals surface area contributed by atoms with E-state index in [1.165, 1.54) is 10.9 Å². The van der Waals surface area contributed by atoms with Crippen molar-refractivity contribution in [1.29, 1.82) is 0 Å². The summed E-state index contributed by atoms with van der Waals surface area (Å²) >= 11 is 3.45. The number of fused-ring (bicyclic) bond motifs is 3. The summed E-state index contributed by atoms with van der Waals surface area (Å²) in [7, 11) is 0. The number of amides is 1. The highest BCUT2D eigenvalue weighted by Gasteiger charge is 2.34. The van der Waals surface area contributed by atoms with Crippen LogP contribution in [0.25, 0.3) is 10.9 Å². The van der Waals surface area contributed by atoms with Crippen LogP contribution >= 0.6 is 15.9 Å². The molecular formula is C24H19BrN2O. The lowest BCUT2D eigenvalue weighted by molar-refractivity contribution is 0.0692. The summed E-state index contributed by atoms with van der Waals surface area (Å²) in [6, 6.07) is 26.2. The Morgan fingerprint density at radius 3 is 2.43 bits per heavy atom. The largest absolute Gasteiger partial charge is 0.356 e. The zero-order chi connectivity index (χ0) is 19.1. The molecule has 28 heavy (non-hydrogen) atoms. The number of nitrogens with one attached hydrogen (secondary N) is 1. The molecule has 0 aliphatic carbocycles. The third-order valence-corrected chi connectivity index (χ3v) is 6.03. The van der Waals surface area contributed by atoms with Crippen molar-refractivity contribution < 1.29 is 4.79 Å². The first kappa shape index (κ1) is 17.3. The molecule has 0 unspecified atom stereocenters. The van der Waals surface area contributed by atoms with Crippen molar-refractivity contribution in [2.45, 2.75) is 12.5 Å². The zero-order valence-corrected chi connectivity index (χ0v) is 16.8. The maximum Gasteiger partial charge on any atom is 0.254 e. The molecule has 1 aliphatic heterocycles. The third-order valence-electron chi connectivity index (χ3n) is 5.50. The van der Waals surface area contributed by atoms with Crippen LogP contribution in [0.15, 0.2) is 83.3 Å². The molecule has 3 aromatic carbocycles. The molecule has 2 heterocycles. The second-order valence-corrected chi connectivity index (χ2v) is 8.05. The van der Waals surface area contributed by atoms with Gasteiger partial charge in [-0.3, -0.25) is 4.79 Å². The summed E-state index contributed by atoms with van der Waals surface area (Å²) in [6.45, 7) is 0.698. The highest BCUT2D eigenvalue weighted by Crippen LogP contribution is 2.39. The summed E-state index contributed by atoms with van der Waals surface area (Å²) in [5, 5.41) is 1.26. The smallest absolute Gasteiger partial charge is 0.254 e. The zero-order valence-electron chi connectivity index (χ0n) is 15.2. The number of para-hydroxylation sites is 1. The molecule has 3 nitrogen and oxygen atoms in total. The Balaban J connectivity index is 1.65. The topological polar surface area (TPSA) is 36.1 Å². The number of rotatable bonds is 2. The number of benzene rings is 3. The van der Waals surface area contributed by atoms with Crippen LogP contribution < -0.4 is 0 Å². The highest BCUT2D eigenvalue weighted by atomic mass is 79.9. The van der Waals surface area contributed by atoms with Crippen LogP contribution in [0.2, 0.25) is 0 Å². The van der Waals surface area contributed by atoms with Crippen LogP contribution in [-0.2, 0) is 6.42 Å². The van der Waals surface area contributed by atoms with Crippen LogP contribution in [-0.4, -0.2) is 22.3 Å². The minimum Gasteiger partial charge on any atom is -0.356 e. The summed E-state index contributed by atoms with van der Waals surface area (Å²) in [5.74, 6) is 0.0608. The van der Waals surface area contributed by atoms with Gasteiger partial charge >= 0.3 is 0 Å². The van der Waals surface area contributed by atoms with Crippen LogP contribution in [0.1, 0.15) is 33.2 Å². The lowest BCUT2D eigenvalue weighted by atomic mass is 9.92. The number of aromatic nitrogens is 1. The van der Waals surface area contributed by atoms with Crippen molar-refractivity contribution in [2.75, 3.05) is 6.54 Å². The van der Waals surface area contributed by atoms with E-state index in [4.69, 9.17) is 0 Å². The van der Waals surface area contributed by atoms with Gasteiger partial charge in [-0.15, -0.1) is 0 Å². The molecule has 138 valence electrons. The predicted molar refractivity (Wildman–Crippen MR) is 115 cm³/mol. The van der Waals surface area contributed by atoms with Gasteiger partial charge in [0, 0.05) is 33.2 Å². The molecule has 1 aromatic heterocycles. The van der Waals surface area contributed by atoms with E-state index in [-0.39, 0.29) is 11.9 Å². The fraction of sp³-hybridized carbons (Fsp3) is 0.125. The molecule has 1 N–H and O–H groups in total. The molecule has 0 radical (unpaired) electrons. The van der Waals surface area contributed by atoms with E-state index in [0.29, 0.717) is 12.1 Å². The number of H-pyrrole nitrogens is 1. The average Bonchev–Trinajstić information content (AvgIpc) is 3.12. The Kier molecular flexibility index (Phi) is 4.29. The van der Waals surface area contributed by atoms with Gasteiger partial charge in [0.05, 0.1) is 6.04 Å². The van der Waals surface area contributed by atoms with Gasteiger partial charge in [0.25, 0.3) is 5.91 Å². The van der Waals surface area contributed by atoms with Crippen LogP contribution in [0.5, 0.6) is 0 Å². The van der Waals surface area contributed by atoms with Gasteiger partial charge in [-0.25, -0.2) is 0 Å². The Labute approximate surface area is 172 Å². The van der Waals surface area contributed by atoms with Crippen molar-refractivity contribution in [3.8, 4) is 0 Å². The number of nitrogens with zero attached hydrogens (tertiary/aromatic N) is 1. The van der Waals surface area contributed by atoms with E-state index in [9.17, 15) is 4.79 Å². The summed E-state index contributed by atoms with van der Waals surface area (Å²) in [4.78, 5) is 19.0. The molecular weight excluding hydrogens is 412 g/mol. The normalized spacial score (nSPS) is 16.2. The lowest BCUT2D eigenvalue weighted by Gasteiger charge is -2.36. The van der Waals surface area contributed by atoms with Crippen LogP contribution in [0.4, 0.5) is 0 Å². The monoisotopic (exact) mass is 430 g/mol. The van der Waals surface area contributed by atoms with Crippen molar-refractivity contribution in [3.05, 3.63) is 106 Å². The SMILES string of the molecule is O=C(c1ccc(Br)cc1)N1CCc2c([nH]c3ccccc23)[C@@H]1c1ccccc1. The first-order chi connectivity index (χ1) is 13.7. The van der Waals surface area contributed by atoms with E-state index in [0.717, 1.165) is 27.7 Å². The Hall–Kier alpha value is -2.85. The molecule has 4 aromatic rings. The van der Waals surface area contributed by atoms with Gasteiger partial charge in [-0.2, -0.15) is 0 Å². The van der Waals surface area contributed by atoms with Crippen molar-refractivity contribution in [3.63, 3.8) is 0 Å². The minimum absolute atomic E-state index is 0.0608. The molecule has 5 rings (SSSR count). The van der Waals surface area contributed by atoms with Gasteiger partial charge in [-0.05, 0) is 47.9 Å².